The molecule has 0 rings (SSSR count). The molecule has 0 spiro atoms. The maximum atomic E-state index is 7.97. The van der Waals surface area contributed by atoms with E-state index in [-0.39, 0.29) is 11.8 Å². The van der Waals surface area contributed by atoms with E-state index in [1.165, 1.54) is 6.21 Å². The summed E-state index contributed by atoms with van der Waals surface area (Å²) in [5.74, 6) is 1.07. The third kappa shape index (κ3) is 6.52. The summed E-state index contributed by atoms with van der Waals surface area (Å²) in [6.45, 7) is 11.2. The van der Waals surface area contributed by atoms with Crippen LogP contribution in [0.3, 0.4) is 0 Å². The Bertz CT molecular complexity index is 409. The Morgan fingerprint density at radius 3 is 2.63 bits per heavy atom. The van der Waals surface area contributed by atoms with Crippen molar-refractivity contribution < 1.29 is 4.84 Å². The maximum Gasteiger partial charge on any atom is 0.134 e. The molecule has 0 aromatic carbocycles. The summed E-state index contributed by atoms with van der Waals surface area (Å²) in [7, 11) is 0. The van der Waals surface area contributed by atoms with Crippen LogP contribution in [-0.2, 0) is 4.84 Å². The van der Waals surface area contributed by atoms with E-state index >= 15 is 0 Å². The normalized spacial score (nSPS) is 14.9. The number of hydrogen-bond donors (Lipinski definition) is 3. The number of rotatable bonds is 8. The maximum absolute atomic E-state index is 7.97. The molecule has 6 heteroatoms. The van der Waals surface area contributed by atoms with Gasteiger partial charge >= 0.3 is 0 Å². The topological polar surface area (TPSA) is 95.8 Å². The average molecular weight is 265 g/mol. The van der Waals surface area contributed by atoms with Crippen LogP contribution in [0.4, 0.5) is 0 Å². The molecule has 0 amide bonds. The van der Waals surface area contributed by atoms with E-state index in [4.69, 9.17) is 16.0 Å². The van der Waals surface area contributed by atoms with Gasteiger partial charge in [-0.2, -0.15) is 0 Å². The summed E-state index contributed by atoms with van der Waals surface area (Å²) in [6, 6.07) is 0.0641. The van der Waals surface area contributed by atoms with E-state index in [1.807, 2.05) is 6.92 Å². The van der Waals surface area contributed by atoms with Gasteiger partial charge in [0.25, 0.3) is 0 Å². The van der Waals surface area contributed by atoms with E-state index in [9.17, 15) is 0 Å². The fourth-order valence-corrected chi connectivity index (χ4v) is 1.17. The van der Waals surface area contributed by atoms with Crippen molar-refractivity contribution in [2.75, 3.05) is 6.54 Å². The Morgan fingerprint density at radius 1 is 1.53 bits per heavy atom. The van der Waals surface area contributed by atoms with Crippen molar-refractivity contribution >= 4 is 18.6 Å². The highest BCUT2D eigenvalue weighted by molar-refractivity contribution is 6.06. The Hall–Kier alpha value is -1.95. The second kappa shape index (κ2) is 9.04. The monoisotopic (exact) mass is 265 g/mol. The number of nitrogens with one attached hydrogen (secondary N) is 2. The van der Waals surface area contributed by atoms with Gasteiger partial charge < -0.3 is 21.3 Å². The number of oxime groups is 1. The lowest BCUT2D eigenvalue weighted by Crippen LogP contribution is -2.33. The van der Waals surface area contributed by atoms with E-state index < -0.39 is 0 Å². The van der Waals surface area contributed by atoms with Crippen LogP contribution in [0.1, 0.15) is 27.7 Å². The quantitative estimate of drug-likeness (QED) is 0.355. The molecule has 1 atom stereocenters. The second-order valence-electron chi connectivity index (χ2n) is 4.04. The summed E-state index contributed by atoms with van der Waals surface area (Å²) in [4.78, 5) is 8.90. The zero-order valence-electron chi connectivity index (χ0n) is 12.0. The van der Waals surface area contributed by atoms with Crippen LogP contribution in [0, 0.1) is 5.41 Å². The molecule has 0 unspecified atom stereocenters. The zero-order chi connectivity index (χ0) is 14.8. The van der Waals surface area contributed by atoms with Crippen LogP contribution in [0.25, 0.3) is 0 Å². The summed E-state index contributed by atoms with van der Waals surface area (Å²) >= 11 is 0. The van der Waals surface area contributed by atoms with Gasteiger partial charge in [0, 0.05) is 30.5 Å². The van der Waals surface area contributed by atoms with Crippen molar-refractivity contribution in [1.82, 2.24) is 5.32 Å². The predicted octanol–water partition coefficient (Wildman–Crippen LogP) is 1.80. The third-order valence-electron chi connectivity index (χ3n) is 2.30. The van der Waals surface area contributed by atoms with E-state index in [1.54, 1.807) is 26.8 Å². The van der Waals surface area contributed by atoms with Gasteiger partial charge in [0.05, 0.1) is 5.71 Å². The van der Waals surface area contributed by atoms with Crippen molar-refractivity contribution in [3.8, 4) is 0 Å². The Balaban J connectivity index is 4.97. The van der Waals surface area contributed by atoms with Gasteiger partial charge in [-0.05, 0) is 34.4 Å². The van der Waals surface area contributed by atoms with Gasteiger partial charge in [0.1, 0.15) is 11.6 Å². The highest BCUT2D eigenvalue weighted by Gasteiger charge is 2.08. The number of hydrogen-bond acceptors (Lipinski definition) is 6. The minimum atomic E-state index is 0.0641. The van der Waals surface area contributed by atoms with Crippen LogP contribution >= 0.6 is 0 Å². The molecule has 6 nitrogen and oxygen atoms in total. The molecule has 0 saturated heterocycles. The van der Waals surface area contributed by atoms with Crippen LogP contribution in [0.5, 0.6) is 0 Å². The third-order valence-corrected chi connectivity index (χ3v) is 2.30. The lowest BCUT2D eigenvalue weighted by atomic mass is 10.1. The molecule has 0 bridgehead atoms. The molecule has 0 aromatic rings. The zero-order valence-corrected chi connectivity index (χ0v) is 12.0. The molecule has 0 aliphatic rings. The first-order valence-corrected chi connectivity index (χ1v) is 6.02. The molecule has 19 heavy (non-hydrogen) atoms. The van der Waals surface area contributed by atoms with Gasteiger partial charge in [-0.25, -0.2) is 4.99 Å². The van der Waals surface area contributed by atoms with Crippen LogP contribution < -0.4 is 11.1 Å². The minimum absolute atomic E-state index is 0.0641. The molecule has 0 saturated carbocycles. The fraction of sp³-hybridized carbons (Fsp3) is 0.462. The van der Waals surface area contributed by atoms with Crippen LogP contribution in [0.15, 0.2) is 33.4 Å². The lowest BCUT2D eigenvalue weighted by Gasteiger charge is -2.15. The molecule has 4 N–H and O–H groups in total. The molecule has 0 aliphatic heterocycles. The number of nitrogens with two attached hydrogens (primary N) is 1. The van der Waals surface area contributed by atoms with Crippen molar-refractivity contribution in [1.29, 1.82) is 5.41 Å². The van der Waals surface area contributed by atoms with Gasteiger partial charge in [0.2, 0.25) is 0 Å². The first kappa shape index (κ1) is 17.1. The minimum Gasteiger partial charge on any atom is -0.366 e. The van der Waals surface area contributed by atoms with Gasteiger partial charge in [-0.1, -0.05) is 5.16 Å². The van der Waals surface area contributed by atoms with Crippen molar-refractivity contribution in [2.45, 2.75) is 33.7 Å². The molecular weight excluding hydrogens is 242 g/mol. The number of aliphatic imine (C=N–C) groups is 1. The highest BCUT2D eigenvalue weighted by Crippen LogP contribution is 2.08. The molecule has 0 aliphatic carbocycles. The SMILES string of the molecule is C=N/C(N[C@H](C)CN)=C(/C)C(=N)/C=C(\C)O/N=C/C. The second-order valence-corrected chi connectivity index (χ2v) is 4.04. The smallest absolute Gasteiger partial charge is 0.134 e. The lowest BCUT2D eigenvalue weighted by molar-refractivity contribution is 0.232. The first-order chi connectivity index (χ1) is 8.96. The molecule has 0 radical (unpaired) electrons. The van der Waals surface area contributed by atoms with Crippen LogP contribution in [0.2, 0.25) is 0 Å². The Labute approximate surface area is 114 Å². The molecular formula is C13H23N5O. The van der Waals surface area contributed by atoms with Gasteiger partial charge in [-0.3, -0.25) is 0 Å². The molecule has 0 aromatic heterocycles. The number of allylic oxidation sites excluding steroid dienone is 3. The van der Waals surface area contributed by atoms with Crippen molar-refractivity contribution in [2.24, 2.45) is 15.9 Å². The molecule has 0 heterocycles. The van der Waals surface area contributed by atoms with E-state index in [0.717, 1.165) is 0 Å². The van der Waals surface area contributed by atoms with Crippen LogP contribution in [-0.4, -0.2) is 31.2 Å². The summed E-state index contributed by atoms with van der Waals surface area (Å²) in [5, 5.41) is 14.7. The van der Waals surface area contributed by atoms with E-state index in [2.05, 4.69) is 22.2 Å². The van der Waals surface area contributed by atoms with Gasteiger partial charge in [0.15, 0.2) is 0 Å². The van der Waals surface area contributed by atoms with Gasteiger partial charge in [-0.15, -0.1) is 0 Å². The Morgan fingerprint density at radius 2 is 2.16 bits per heavy atom. The van der Waals surface area contributed by atoms with Crippen molar-refractivity contribution in [3.05, 3.63) is 23.2 Å². The summed E-state index contributed by atoms with van der Waals surface area (Å²) in [5.41, 5.74) is 6.48. The standard InChI is InChI=1S/C13H23N5O/c1-6-17-19-10(3)7-12(15)11(4)13(16-5)18-9(2)8-14/h6-7,9,15,18H,5,8,14H2,1-4H3/b10-7+,13-11+,15-12?,17-6+/t9-/m1/s1. The summed E-state index contributed by atoms with van der Waals surface area (Å²) in [6.07, 6.45) is 3.10. The predicted molar refractivity (Wildman–Crippen MR) is 80.6 cm³/mol. The highest BCUT2D eigenvalue weighted by atomic mass is 16.6. The molecule has 0 fully saturated rings. The fourth-order valence-electron chi connectivity index (χ4n) is 1.17. The summed E-state index contributed by atoms with van der Waals surface area (Å²) < 4.78 is 0. The largest absolute Gasteiger partial charge is 0.366 e. The Kier molecular flexibility index (Phi) is 8.12. The molecule has 106 valence electrons. The number of nitrogens with zero attached hydrogens (tertiary/aromatic N) is 2. The average Bonchev–Trinajstić information content (AvgIpc) is 2.41. The van der Waals surface area contributed by atoms with E-state index in [0.29, 0.717) is 23.7 Å². The van der Waals surface area contributed by atoms with Crippen molar-refractivity contribution in [3.63, 3.8) is 0 Å². The first-order valence-electron chi connectivity index (χ1n) is 6.02.